The molecule has 0 unspecified atom stereocenters. The Labute approximate surface area is 328 Å². The quantitative estimate of drug-likeness (QED) is 0.0604. The van der Waals surface area contributed by atoms with Crippen molar-refractivity contribution in [3.05, 3.63) is 108 Å². The Hall–Kier alpha value is -4.23. The van der Waals surface area contributed by atoms with Gasteiger partial charge in [-0.15, -0.1) is 6.58 Å². The first-order chi connectivity index (χ1) is 27.0. The van der Waals surface area contributed by atoms with Gasteiger partial charge in [0, 0.05) is 62.7 Å². The minimum Gasteiger partial charge on any atom is -0.460 e. The molecule has 3 N–H and O–H groups in total. The lowest BCUT2D eigenvalue weighted by molar-refractivity contribution is -0.223. The zero-order valence-corrected chi connectivity index (χ0v) is 32.5. The van der Waals surface area contributed by atoms with Crippen molar-refractivity contribution in [1.29, 1.82) is 0 Å². The fraction of sp³-hybridized carbons (Fsp3) is 0.488. The van der Waals surface area contributed by atoms with E-state index in [2.05, 4.69) is 27.9 Å². The van der Waals surface area contributed by atoms with Crippen molar-refractivity contribution in [2.45, 2.75) is 81.9 Å². The van der Waals surface area contributed by atoms with E-state index in [1.165, 1.54) is 0 Å². The summed E-state index contributed by atoms with van der Waals surface area (Å²) in [4.78, 5) is 27.6. The van der Waals surface area contributed by atoms with Crippen LogP contribution in [0, 0.1) is 17.8 Å². The summed E-state index contributed by atoms with van der Waals surface area (Å²) in [5.74, 6) is 0.617. The number of amides is 1. The van der Waals surface area contributed by atoms with Crippen molar-refractivity contribution >= 4 is 23.6 Å². The molecular formula is C43H54N4O7S. The van der Waals surface area contributed by atoms with Crippen LogP contribution in [0.2, 0.25) is 0 Å². The van der Waals surface area contributed by atoms with Crippen LogP contribution in [0.25, 0.3) is 0 Å². The van der Waals surface area contributed by atoms with E-state index in [0.717, 1.165) is 59.5 Å². The number of hydrogen-bond donors (Lipinski definition) is 3. The summed E-state index contributed by atoms with van der Waals surface area (Å²) in [7, 11) is 0. The van der Waals surface area contributed by atoms with E-state index in [4.69, 9.17) is 24.2 Å². The molecule has 2 aromatic carbocycles. The normalized spacial score (nSPS) is 24.5. The molecule has 0 spiro atoms. The molecule has 0 radical (unpaired) electrons. The summed E-state index contributed by atoms with van der Waals surface area (Å²) >= 11 is 1.78. The molecule has 3 aromatic rings. The molecule has 0 saturated heterocycles. The molecule has 1 aliphatic heterocycles. The van der Waals surface area contributed by atoms with E-state index in [1.807, 2.05) is 49.4 Å². The fourth-order valence-electron chi connectivity index (χ4n) is 8.35. The van der Waals surface area contributed by atoms with Crippen LogP contribution in [0.5, 0.6) is 11.5 Å². The molecule has 1 saturated carbocycles. The van der Waals surface area contributed by atoms with Crippen LogP contribution in [-0.4, -0.2) is 75.1 Å². The second-order valence-electron chi connectivity index (χ2n) is 14.2. The number of benzene rings is 2. The van der Waals surface area contributed by atoms with Crippen LogP contribution in [-0.2, 0) is 22.6 Å². The van der Waals surface area contributed by atoms with Crippen molar-refractivity contribution in [2.75, 3.05) is 32.1 Å². The van der Waals surface area contributed by atoms with Gasteiger partial charge in [0.1, 0.15) is 18.1 Å². The molecule has 1 fully saturated rings. The number of aliphatic hydroxyl groups is 2. The lowest BCUT2D eigenvalue weighted by atomic mass is 9.56. The Morgan fingerprint density at radius 1 is 1.11 bits per heavy atom. The Kier molecular flexibility index (Phi) is 14.8. The van der Waals surface area contributed by atoms with E-state index in [1.54, 1.807) is 42.5 Å². The van der Waals surface area contributed by atoms with Gasteiger partial charge in [0.25, 0.3) is 0 Å². The highest BCUT2D eigenvalue weighted by atomic mass is 32.2. The number of aliphatic hydroxyl groups excluding tert-OH is 2. The van der Waals surface area contributed by atoms with Crippen LogP contribution in [0.15, 0.2) is 96.6 Å². The zero-order chi connectivity index (χ0) is 38.5. The number of ether oxygens (including phenoxy) is 3. The molecule has 2 heterocycles. The Morgan fingerprint density at radius 2 is 1.93 bits per heavy atom. The van der Waals surface area contributed by atoms with E-state index < -0.39 is 11.9 Å². The van der Waals surface area contributed by atoms with Gasteiger partial charge in [-0.2, -0.15) is 11.8 Å². The molecule has 11 nitrogen and oxygen atoms in total. The third-order valence-corrected chi connectivity index (χ3v) is 12.0. The van der Waals surface area contributed by atoms with Gasteiger partial charge in [-0.05, 0) is 79.5 Å². The molecule has 6 atom stereocenters. The number of nitrogens with one attached hydrogen (secondary N) is 1. The van der Waals surface area contributed by atoms with Gasteiger partial charge < -0.3 is 34.6 Å². The summed E-state index contributed by atoms with van der Waals surface area (Å²) < 4.78 is 20.0. The molecule has 12 heteroatoms. The Balaban J connectivity index is 1.49. The highest BCUT2D eigenvalue weighted by Crippen LogP contribution is 2.62. The van der Waals surface area contributed by atoms with Crippen LogP contribution in [0.1, 0.15) is 74.6 Å². The summed E-state index contributed by atoms with van der Waals surface area (Å²) in [6.07, 6.45) is 14.9. The smallest absolute Gasteiger partial charge is 0.412 e. The van der Waals surface area contributed by atoms with Gasteiger partial charge in [0.2, 0.25) is 5.79 Å². The maximum Gasteiger partial charge on any atom is 0.412 e. The summed E-state index contributed by atoms with van der Waals surface area (Å²) in [5, 5.41) is 27.1. The molecule has 1 aromatic heterocycles. The van der Waals surface area contributed by atoms with Crippen LogP contribution < -0.4 is 14.8 Å². The van der Waals surface area contributed by atoms with Crippen molar-refractivity contribution in [3.63, 3.8) is 0 Å². The third kappa shape index (κ3) is 9.78. The second kappa shape index (κ2) is 20.1. The van der Waals surface area contributed by atoms with Crippen molar-refractivity contribution in [2.24, 2.45) is 22.9 Å². The first kappa shape index (κ1) is 40.4. The van der Waals surface area contributed by atoms with Gasteiger partial charge in [-0.3, -0.25) is 9.97 Å². The van der Waals surface area contributed by atoms with Crippen molar-refractivity contribution in [3.8, 4) is 11.5 Å². The Morgan fingerprint density at radius 3 is 2.67 bits per heavy atom. The average molecular weight is 771 g/mol. The second-order valence-corrected chi connectivity index (χ2v) is 15.6. The highest BCUT2D eigenvalue weighted by Gasteiger charge is 2.64. The minimum atomic E-state index is -1.10. The predicted molar refractivity (Wildman–Crippen MR) is 214 cm³/mol. The number of fused-ring (bicyclic) bond motifs is 2. The molecule has 55 heavy (non-hydrogen) atoms. The number of nitrogens with zero attached hydrogens (tertiary/aromatic N) is 3. The van der Waals surface area contributed by atoms with Gasteiger partial charge >= 0.3 is 6.09 Å². The first-order valence-electron chi connectivity index (χ1n) is 19.6. The van der Waals surface area contributed by atoms with Gasteiger partial charge in [-0.25, -0.2) is 4.79 Å². The number of hydrogen-bond acceptors (Lipinski definition) is 11. The number of aryl methyl sites for hydroxylation is 1. The third-order valence-electron chi connectivity index (χ3n) is 10.7. The lowest BCUT2D eigenvalue weighted by Gasteiger charge is -2.58. The van der Waals surface area contributed by atoms with Gasteiger partial charge in [0.15, 0.2) is 0 Å². The number of carbonyl (C=O) groups is 1. The maximum absolute atomic E-state index is 12.6. The molecule has 0 bridgehead atoms. The molecule has 1 amide bonds. The number of allylic oxidation sites excluding steroid dienone is 1. The number of aromatic nitrogens is 2. The topological polar surface area (TPSA) is 145 Å². The number of oxime groups is 1. The molecule has 6 rings (SSSR count). The van der Waals surface area contributed by atoms with Gasteiger partial charge in [0.05, 0.1) is 29.2 Å². The summed E-state index contributed by atoms with van der Waals surface area (Å²) in [5.41, 5.74) is 4.79. The molecule has 294 valence electrons. The van der Waals surface area contributed by atoms with E-state index in [0.29, 0.717) is 50.3 Å². The minimum absolute atomic E-state index is 0.119. The van der Waals surface area contributed by atoms with E-state index in [9.17, 15) is 15.0 Å². The summed E-state index contributed by atoms with van der Waals surface area (Å²) in [6, 6.07) is 15.6. The van der Waals surface area contributed by atoms with Crippen molar-refractivity contribution < 1.29 is 34.1 Å². The fourth-order valence-corrected chi connectivity index (χ4v) is 9.73. The predicted octanol–water partition coefficient (Wildman–Crippen LogP) is 7.39. The SMILES string of the molecule is C=CCO[C@@]12Oc3ccc(OC(=O)NCC)cc3[C@H]3[C@H](CCCCO)[C@@H](CCCCO)C=C(C(=NOCc4ccccc4)C[C@@H]1SCCc1cnccn1)[C@H]32. The molecule has 2 aliphatic carbocycles. The number of carbonyl (C=O) groups excluding carboxylic acids is 1. The van der Waals surface area contributed by atoms with Crippen LogP contribution in [0.3, 0.4) is 0 Å². The van der Waals surface area contributed by atoms with E-state index in [-0.39, 0.29) is 48.7 Å². The highest BCUT2D eigenvalue weighted by molar-refractivity contribution is 8.00. The van der Waals surface area contributed by atoms with E-state index >= 15 is 0 Å². The number of rotatable bonds is 20. The van der Waals surface area contributed by atoms with Crippen LogP contribution in [0.4, 0.5) is 4.79 Å². The maximum atomic E-state index is 12.6. The standard InChI is InChI=1S/C43H54N4O7S/c1-3-23-51-43-39(55-24-18-32-28-44-19-20-46-32)27-37(47-52-29-30-12-6-5-7-13-30)35-25-31(14-8-10-21-48)34(15-9-11-22-49)40(41(35)43)36-26-33(16-17-38(36)54-43)53-42(50)45-4-2/h3,5-7,12-13,16-17,19-20,25-26,28,31,34,39-41,48-49H,1,4,8-11,14-15,18,21-24,27,29H2,2H3,(H,45,50)/t31-,34+,39-,40+,41+,43+/m0/s1. The molecular weight excluding hydrogens is 717 g/mol. The zero-order valence-electron chi connectivity index (χ0n) is 31.7. The Bertz CT molecular complexity index is 1760. The number of thioether (sulfide) groups is 1. The van der Waals surface area contributed by atoms with Gasteiger partial charge in [-0.1, -0.05) is 60.5 Å². The monoisotopic (exact) mass is 770 g/mol. The largest absolute Gasteiger partial charge is 0.460 e. The summed E-state index contributed by atoms with van der Waals surface area (Å²) in [6.45, 7) is 7.17. The number of unbranched alkanes of at least 4 members (excludes halogenated alkanes) is 2. The van der Waals surface area contributed by atoms with Crippen molar-refractivity contribution in [1.82, 2.24) is 15.3 Å². The van der Waals surface area contributed by atoms with Crippen LogP contribution >= 0.6 is 11.8 Å². The average Bonchev–Trinajstić information content (AvgIpc) is 3.20. The lowest BCUT2D eigenvalue weighted by Crippen LogP contribution is -2.64. The first-order valence-corrected chi connectivity index (χ1v) is 20.6. The molecule has 3 aliphatic rings.